The SMILES string of the molecule is Cc1ccc(C(=O)C2CCN([C@H](C)C(=O)Nc3nccs3)CC2)cc1. The zero-order valence-electron chi connectivity index (χ0n) is 14.6. The van der Waals surface area contributed by atoms with Crippen LogP contribution in [0.2, 0.25) is 0 Å². The molecule has 0 spiro atoms. The molecule has 132 valence electrons. The third kappa shape index (κ3) is 4.32. The number of ketones is 1. The summed E-state index contributed by atoms with van der Waals surface area (Å²) in [5.41, 5.74) is 1.95. The van der Waals surface area contributed by atoms with Crippen molar-refractivity contribution < 1.29 is 9.59 Å². The van der Waals surface area contributed by atoms with Crippen LogP contribution in [0.15, 0.2) is 35.8 Å². The first kappa shape index (κ1) is 17.8. The lowest BCUT2D eigenvalue weighted by Gasteiger charge is -2.34. The number of carbonyl (C=O) groups is 2. The molecule has 1 atom stereocenters. The van der Waals surface area contributed by atoms with Gasteiger partial charge in [-0.05, 0) is 39.8 Å². The first-order valence-corrected chi connectivity index (χ1v) is 9.48. The molecule has 0 unspecified atom stereocenters. The molecule has 1 aliphatic heterocycles. The van der Waals surface area contributed by atoms with E-state index in [4.69, 9.17) is 0 Å². The number of amides is 1. The molecule has 25 heavy (non-hydrogen) atoms. The summed E-state index contributed by atoms with van der Waals surface area (Å²) in [4.78, 5) is 31.2. The van der Waals surface area contributed by atoms with Gasteiger partial charge in [-0.25, -0.2) is 4.98 Å². The Balaban J connectivity index is 1.53. The summed E-state index contributed by atoms with van der Waals surface area (Å²) in [6.45, 7) is 5.44. The largest absolute Gasteiger partial charge is 0.301 e. The molecule has 0 aliphatic carbocycles. The number of hydrogen-bond donors (Lipinski definition) is 1. The van der Waals surface area contributed by atoms with Gasteiger partial charge in [0.15, 0.2) is 10.9 Å². The van der Waals surface area contributed by atoms with Gasteiger partial charge in [-0.2, -0.15) is 0 Å². The Morgan fingerprint density at radius 3 is 2.52 bits per heavy atom. The number of aromatic nitrogens is 1. The molecule has 0 saturated carbocycles. The maximum atomic E-state index is 12.6. The first-order chi connectivity index (χ1) is 12.0. The summed E-state index contributed by atoms with van der Waals surface area (Å²) >= 11 is 1.41. The number of thiazole rings is 1. The molecular formula is C19H23N3O2S. The van der Waals surface area contributed by atoms with E-state index < -0.39 is 0 Å². The molecule has 0 radical (unpaired) electrons. The van der Waals surface area contributed by atoms with Crippen LogP contribution in [0.3, 0.4) is 0 Å². The second-order valence-electron chi connectivity index (χ2n) is 6.54. The van der Waals surface area contributed by atoms with E-state index in [0.29, 0.717) is 5.13 Å². The zero-order chi connectivity index (χ0) is 17.8. The maximum Gasteiger partial charge on any atom is 0.243 e. The number of Topliss-reactive ketones (excluding diaryl/α,β-unsaturated/α-hetero) is 1. The van der Waals surface area contributed by atoms with Gasteiger partial charge >= 0.3 is 0 Å². The maximum absolute atomic E-state index is 12.6. The van der Waals surface area contributed by atoms with Crippen molar-refractivity contribution in [1.29, 1.82) is 0 Å². The summed E-state index contributed by atoms with van der Waals surface area (Å²) < 4.78 is 0. The van der Waals surface area contributed by atoms with Crippen molar-refractivity contribution in [3.05, 3.63) is 47.0 Å². The van der Waals surface area contributed by atoms with Crippen LogP contribution < -0.4 is 5.32 Å². The number of hydrogen-bond acceptors (Lipinski definition) is 5. The highest BCUT2D eigenvalue weighted by Gasteiger charge is 2.30. The van der Waals surface area contributed by atoms with Crippen LogP contribution in [0, 0.1) is 12.8 Å². The summed E-state index contributed by atoms with van der Waals surface area (Å²) in [5, 5.41) is 5.31. The minimum atomic E-state index is -0.223. The van der Waals surface area contributed by atoms with Crippen LogP contribution in [-0.4, -0.2) is 40.7 Å². The second-order valence-corrected chi connectivity index (χ2v) is 7.44. The van der Waals surface area contributed by atoms with Gasteiger partial charge in [0, 0.05) is 23.1 Å². The van der Waals surface area contributed by atoms with Crippen molar-refractivity contribution in [2.45, 2.75) is 32.7 Å². The van der Waals surface area contributed by atoms with E-state index >= 15 is 0 Å². The molecule has 1 fully saturated rings. The zero-order valence-corrected chi connectivity index (χ0v) is 15.4. The standard InChI is InChI=1S/C19H23N3O2S/c1-13-3-5-15(6-4-13)17(23)16-7-10-22(11-8-16)14(2)18(24)21-19-20-9-12-25-19/h3-6,9,12,14,16H,7-8,10-11H2,1-2H3,(H,20,21,24)/t14-/m1/s1. The highest BCUT2D eigenvalue weighted by Crippen LogP contribution is 2.24. The van der Waals surface area contributed by atoms with Crippen molar-refractivity contribution in [3.63, 3.8) is 0 Å². The van der Waals surface area contributed by atoms with Gasteiger partial charge in [0.25, 0.3) is 0 Å². The molecular weight excluding hydrogens is 334 g/mol. The normalized spacial score (nSPS) is 17.2. The van der Waals surface area contributed by atoms with E-state index in [0.717, 1.165) is 37.1 Å². The lowest BCUT2D eigenvalue weighted by molar-refractivity contribution is -0.121. The smallest absolute Gasteiger partial charge is 0.243 e. The highest BCUT2D eigenvalue weighted by molar-refractivity contribution is 7.13. The van der Waals surface area contributed by atoms with Gasteiger partial charge in [0.2, 0.25) is 5.91 Å². The number of nitrogens with one attached hydrogen (secondary N) is 1. The average Bonchev–Trinajstić information content (AvgIpc) is 3.14. The number of rotatable bonds is 5. The molecule has 2 heterocycles. The molecule has 1 aliphatic rings. The summed E-state index contributed by atoms with van der Waals surface area (Å²) in [7, 11) is 0. The number of piperidine rings is 1. The number of anilines is 1. The third-order valence-corrected chi connectivity index (χ3v) is 5.51. The van der Waals surface area contributed by atoms with E-state index in [1.807, 2.05) is 43.5 Å². The summed E-state index contributed by atoms with van der Waals surface area (Å²) in [6, 6.07) is 7.56. The van der Waals surface area contributed by atoms with E-state index in [2.05, 4.69) is 15.2 Å². The van der Waals surface area contributed by atoms with Crippen molar-refractivity contribution in [3.8, 4) is 0 Å². The second kappa shape index (κ2) is 7.89. The van der Waals surface area contributed by atoms with Crippen molar-refractivity contribution in [1.82, 2.24) is 9.88 Å². The predicted molar refractivity (Wildman–Crippen MR) is 100 cm³/mol. The monoisotopic (exact) mass is 357 g/mol. The van der Waals surface area contributed by atoms with Gasteiger partial charge in [-0.15, -0.1) is 11.3 Å². The third-order valence-electron chi connectivity index (χ3n) is 4.83. The number of likely N-dealkylation sites (tertiary alicyclic amines) is 1. The Bertz CT molecular complexity index is 720. The average molecular weight is 357 g/mol. The Morgan fingerprint density at radius 1 is 1.24 bits per heavy atom. The molecule has 0 bridgehead atoms. The van der Waals surface area contributed by atoms with Gasteiger partial charge in [0.05, 0.1) is 6.04 Å². The van der Waals surface area contributed by atoms with Crippen LogP contribution in [0.25, 0.3) is 0 Å². The fourth-order valence-electron chi connectivity index (χ4n) is 3.16. The number of aryl methyl sites for hydroxylation is 1. The molecule has 1 saturated heterocycles. The van der Waals surface area contributed by atoms with Crippen LogP contribution >= 0.6 is 11.3 Å². The quantitative estimate of drug-likeness (QED) is 0.834. The lowest BCUT2D eigenvalue weighted by Crippen LogP contribution is -2.47. The van der Waals surface area contributed by atoms with E-state index in [1.54, 1.807) is 6.20 Å². The van der Waals surface area contributed by atoms with Crippen LogP contribution in [0.4, 0.5) is 5.13 Å². The summed E-state index contributed by atoms with van der Waals surface area (Å²) in [5.74, 6) is 0.228. The molecule has 2 aromatic rings. The molecule has 1 aromatic carbocycles. The van der Waals surface area contributed by atoms with E-state index in [9.17, 15) is 9.59 Å². The fraction of sp³-hybridized carbons (Fsp3) is 0.421. The van der Waals surface area contributed by atoms with E-state index in [1.165, 1.54) is 11.3 Å². The van der Waals surface area contributed by atoms with Crippen LogP contribution in [-0.2, 0) is 4.79 Å². The predicted octanol–water partition coefficient (Wildman–Crippen LogP) is 3.37. The van der Waals surface area contributed by atoms with Crippen molar-refractivity contribution in [2.75, 3.05) is 18.4 Å². The van der Waals surface area contributed by atoms with Crippen LogP contribution in [0.1, 0.15) is 35.7 Å². The number of benzene rings is 1. The van der Waals surface area contributed by atoms with Crippen molar-refractivity contribution in [2.24, 2.45) is 5.92 Å². The Labute approximate surface area is 152 Å². The fourth-order valence-corrected chi connectivity index (χ4v) is 3.70. The summed E-state index contributed by atoms with van der Waals surface area (Å²) in [6.07, 6.45) is 3.26. The Kier molecular flexibility index (Phi) is 5.60. The lowest BCUT2D eigenvalue weighted by atomic mass is 9.88. The molecule has 1 N–H and O–H groups in total. The Hall–Kier alpha value is -2.05. The van der Waals surface area contributed by atoms with Gasteiger partial charge in [-0.1, -0.05) is 29.8 Å². The number of nitrogens with zero attached hydrogens (tertiary/aromatic N) is 2. The van der Waals surface area contributed by atoms with Crippen molar-refractivity contribution >= 4 is 28.2 Å². The molecule has 1 aromatic heterocycles. The first-order valence-electron chi connectivity index (χ1n) is 8.60. The molecule has 6 heteroatoms. The minimum absolute atomic E-state index is 0.0433. The van der Waals surface area contributed by atoms with Crippen LogP contribution in [0.5, 0.6) is 0 Å². The Morgan fingerprint density at radius 2 is 1.92 bits per heavy atom. The highest BCUT2D eigenvalue weighted by atomic mass is 32.1. The van der Waals surface area contributed by atoms with Gasteiger partial charge in [0.1, 0.15) is 0 Å². The molecule has 1 amide bonds. The molecule has 3 rings (SSSR count). The van der Waals surface area contributed by atoms with E-state index in [-0.39, 0.29) is 23.7 Å². The molecule has 5 nitrogen and oxygen atoms in total. The van der Waals surface area contributed by atoms with Gasteiger partial charge in [-0.3, -0.25) is 14.5 Å². The number of carbonyl (C=O) groups excluding carboxylic acids is 2. The topological polar surface area (TPSA) is 62.3 Å². The van der Waals surface area contributed by atoms with Gasteiger partial charge < -0.3 is 5.32 Å². The minimum Gasteiger partial charge on any atom is -0.301 e.